The quantitative estimate of drug-likeness (QED) is 0.383. The molecule has 4 amide bonds. The molecule has 1 saturated heterocycles. The van der Waals surface area contributed by atoms with Gasteiger partial charge in [0.1, 0.15) is 5.54 Å². The normalized spacial score (nSPS) is 15.5. The van der Waals surface area contributed by atoms with Crippen molar-refractivity contribution in [2.45, 2.75) is 36.5 Å². The predicted molar refractivity (Wildman–Crippen MR) is 96.8 cm³/mol. The number of urea groups is 1. The van der Waals surface area contributed by atoms with Gasteiger partial charge in [0, 0.05) is 17.1 Å². The number of amides is 4. The molecule has 8 nitrogen and oxygen atoms in total. The SMILES string of the molecule is CC1(C)NC(=O)N(CCC(=O)OCC(=O)Nc2ccc(SC(F)F)cc2)C1=O. The first-order valence-electron chi connectivity index (χ1n) is 8.23. The molecule has 11 heteroatoms. The second-order valence-corrected chi connectivity index (χ2v) is 7.44. The summed E-state index contributed by atoms with van der Waals surface area (Å²) in [6.45, 7) is 2.39. The predicted octanol–water partition coefficient (Wildman–Crippen LogP) is 2.20. The van der Waals surface area contributed by atoms with Crippen LogP contribution in [0.25, 0.3) is 0 Å². The van der Waals surface area contributed by atoms with Gasteiger partial charge in [0.05, 0.1) is 6.42 Å². The molecule has 1 aromatic rings. The van der Waals surface area contributed by atoms with Crippen molar-refractivity contribution in [3.8, 4) is 0 Å². The van der Waals surface area contributed by atoms with Gasteiger partial charge in [-0.05, 0) is 38.1 Å². The number of nitrogens with one attached hydrogen (secondary N) is 2. The number of benzene rings is 1. The number of esters is 1. The van der Waals surface area contributed by atoms with E-state index in [-0.39, 0.29) is 13.0 Å². The number of anilines is 1. The lowest BCUT2D eigenvalue weighted by Gasteiger charge is -2.15. The smallest absolute Gasteiger partial charge is 0.325 e. The number of imide groups is 1. The van der Waals surface area contributed by atoms with Gasteiger partial charge in [-0.1, -0.05) is 11.8 Å². The van der Waals surface area contributed by atoms with Gasteiger partial charge >= 0.3 is 12.0 Å². The van der Waals surface area contributed by atoms with Crippen molar-refractivity contribution in [1.82, 2.24) is 10.2 Å². The van der Waals surface area contributed by atoms with Crippen LogP contribution in [0.15, 0.2) is 29.2 Å². The fraction of sp³-hybridized carbons (Fsp3) is 0.412. The van der Waals surface area contributed by atoms with Crippen molar-refractivity contribution in [1.29, 1.82) is 0 Å². The second kappa shape index (κ2) is 9.00. The molecule has 0 bridgehead atoms. The van der Waals surface area contributed by atoms with E-state index in [0.717, 1.165) is 4.90 Å². The van der Waals surface area contributed by atoms with Crippen LogP contribution < -0.4 is 10.6 Å². The molecule has 28 heavy (non-hydrogen) atoms. The number of carbonyl (C=O) groups excluding carboxylic acids is 4. The third-order valence-electron chi connectivity index (χ3n) is 3.71. The zero-order valence-electron chi connectivity index (χ0n) is 15.2. The highest BCUT2D eigenvalue weighted by Crippen LogP contribution is 2.26. The summed E-state index contributed by atoms with van der Waals surface area (Å²) in [7, 11) is 0. The summed E-state index contributed by atoms with van der Waals surface area (Å²) in [5.74, 6) is -4.34. The van der Waals surface area contributed by atoms with Crippen LogP contribution in [0.5, 0.6) is 0 Å². The Hall–Kier alpha value is -2.69. The van der Waals surface area contributed by atoms with Gasteiger partial charge in [-0.15, -0.1) is 0 Å². The maximum atomic E-state index is 12.3. The van der Waals surface area contributed by atoms with Crippen LogP contribution in [0.3, 0.4) is 0 Å². The third kappa shape index (κ3) is 5.91. The van der Waals surface area contributed by atoms with Gasteiger partial charge in [-0.3, -0.25) is 19.3 Å². The van der Waals surface area contributed by atoms with Crippen LogP contribution in [-0.4, -0.2) is 53.2 Å². The number of rotatable bonds is 8. The zero-order chi connectivity index (χ0) is 20.9. The molecule has 0 spiro atoms. The highest BCUT2D eigenvalue weighted by Gasteiger charge is 2.44. The summed E-state index contributed by atoms with van der Waals surface area (Å²) in [4.78, 5) is 48.5. The van der Waals surface area contributed by atoms with E-state index in [1.165, 1.54) is 24.3 Å². The number of carbonyl (C=O) groups is 4. The topological polar surface area (TPSA) is 105 Å². The summed E-state index contributed by atoms with van der Waals surface area (Å²) in [5, 5.41) is 4.94. The first-order chi connectivity index (χ1) is 13.1. The van der Waals surface area contributed by atoms with E-state index >= 15 is 0 Å². The molecule has 0 radical (unpaired) electrons. The first kappa shape index (κ1) is 21.6. The Labute approximate surface area is 164 Å². The lowest BCUT2D eigenvalue weighted by Crippen LogP contribution is -2.40. The molecule has 2 N–H and O–H groups in total. The van der Waals surface area contributed by atoms with Crippen molar-refractivity contribution >= 4 is 41.3 Å². The Kier molecular flexibility index (Phi) is 6.95. The summed E-state index contributed by atoms with van der Waals surface area (Å²) >= 11 is 0.384. The standard InChI is InChI=1S/C17H19F2N3O5S/c1-17(2)14(25)22(16(26)21-17)8-7-13(24)27-9-12(23)20-10-3-5-11(6-4-10)28-15(18)19/h3-6,15H,7-9H2,1-2H3,(H,20,23)(H,21,26). The van der Waals surface area contributed by atoms with E-state index in [4.69, 9.17) is 4.74 Å². The van der Waals surface area contributed by atoms with Crippen molar-refractivity contribution in [2.24, 2.45) is 0 Å². The number of hydrogen-bond acceptors (Lipinski definition) is 6. The molecule has 1 aliphatic rings. The highest BCUT2D eigenvalue weighted by molar-refractivity contribution is 7.99. The van der Waals surface area contributed by atoms with Crippen molar-refractivity contribution in [2.75, 3.05) is 18.5 Å². The maximum absolute atomic E-state index is 12.3. The van der Waals surface area contributed by atoms with Crippen LogP contribution >= 0.6 is 11.8 Å². The Bertz CT molecular complexity index is 771. The van der Waals surface area contributed by atoms with Crippen LogP contribution in [0.2, 0.25) is 0 Å². The molecule has 1 fully saturated rings. The number of halogens is 2. The Morgan fingerprint density at radius 1 is 1.25 bits per heavy atom. The average molecular weight is 415 g/mol. The molecule has 0 unspecified atom stereocenters. The van der Waals surface area contributed by atoms with Gasteiger partial charge in [0.2, 0.25) is 0 Å². The fourth-order valence-electron chi connectivity index (χ4n) is 2.36. The van der Waals surface area contributed by atoms with Crippen LogP contribution in [0.1, 0.15) is 20.3 Å². The molecule has 152 valence electrons. The van der Waals surface area contributed by atoms with Crippen LogP contribution in [-0.2, 0) is 19.1 Å². The number of alkyl halides is 2. The second-order valence-electron chi connectivity index (χ2n) is 6.37. The van der Waals surface area contributed by atoms with Crippen molar-refractivity contribution in [3.05, 3.63) is 24.3 Å². The molecule has 0 aromatic heterocycles. The van der Waals surface area contributed by atoms with Gasteiger partial charge in [-0.25, -0.2) is 4.79 Å². The number of nitrogens with zero attached hydrogens (tertiary/aromatic N) is 1. The highest BCUT2D eigenvalue weighted by atomic mass is 32.2. The van der Waals surface area contributed by atoms with Gasteiger partial charge in [0.25, 0.3) is 17.6 Å². The lowest BCUT2D eigenvalue weighted by molar-refractivity contribution is -0.147. The van der Waals surface area contributed by atoms with Crippen LogP contribution in [0, 0.1) is 0 Å². The third-order valence-corrected chi connectivity index (χ3v) is 4.43. The average Bonchev–Trinajstić information content (AvgIpc) is 2.80. The molecule has 2 rings (SSSR count). The molecule has 0 atom stereocenters. The molecule has 1 aliphatic heterocycles. The molecule has 1 heterocycles. The fourth-order valence-corrected chi connectivity index (χ4v) is 2.86. The Morgan fingerprint density at radius 3 is 2.43 bits per heavy atom. The number of ether oxygens (including phenoxy) is 1. The van der Waals surface area contributed by atoms with E-state index in [1.54, 1.807) is 13.8 Å². The number of thioether (sulfide) groups is 1. The molecule has 0 aliphatic carbocycles. The summed E-state index contributed by atoms with van der Waals surface area (Å²) in [5.41, 5.74) is -0.661. The molecule has 1 aromatic carbocycles. The Morgan fingerprint density at radius 2 is 1.89 bits per heavy atom. The molecule has 0 saturated carbocycles. The van der Waals surface area contributed by atoms with Crippen molar-refractivity contribution in [3.63, 3.8) is 0 Å². The summed E-state index contributed by atoms with van der Waals surface area (Å²) in [6, 6.07) is 5.16. The van der Waals surface area contributed by atoms with Gasteiger partial charge in [0.15, 0.2) is 6.61 Å². The van der Waals surface area contributed by atoms with Crippen LogP contribution in [0.4, 0.5) is 19.3 Å². The molecular weight excluding hydrogens is 396 g/mol. The molecular formula is C17H19F2N3O5S. The van der Waals surface area contributed by atoms with Gasteiger partial charge < -0.3 is 15.4 Å². The van der Waals surface area contributed by atoms with E-state index in [0.29, 0.717) is 22.3 Å². The summed E-state index contributed by atoms with van der Waals surface area (Å²) in [6.07, 6.45) is -0.248. The monoisotopic (exact) mass is 415 g/mol. The zero-order valence-corrected chi connectivity index (χ0v) is 16.0. The minimum absolute atomic E-state index is 0.155. The Balaban J connectivity index is 1.73. The summed E-state index contributed by atoms with van der Waals surface area (Å²) < 4.78 is 29.3. The van der Waals surface area contributed by atoms with E-state index < -0.39 is 41.7 Å². The minimum atomic E-state index is -2.53. The number of hydrogen-bond donors (Lipinski definition) is 2. The largest absolute Gasteiger partial charge is 0.456 e. The van der Waals surface area contributed by atoms with Crippen molar-refractivity contribution < 1.29 is 32.7 Å². The first-order valence-corrected chi connectivity index (χ1v) is 9.11. The van der Waals surface area contributed by atoms with E-state index in [9.17, 15) is 28.0 Å². The van der Waals surface area contributed by atoms with E-state index in [2.05, 4.69) is 10.6 Å². The maximum Gasteiger partial charge on any atom is 0.325 e. The van der Waals surface area contributed by atoms with E-state index in [1.807, 2.05) is 0 Å². The minimum Gasteiger partial charge on any atom is -0.456 e. The lowest BCUT2D eigenvalue weighted by atomic mass is 10.1. The van der Waals surface area contributed by atoms with Gasteiger partial charge in [-0.2, -0.15) is 8.78 Å².